The number of aliphatic hydroxyl groups excluding tert-OH is 2. The van der Waals surface area contributed by atoms with Crippen molar-refractivity contribution in [3.8, 4) is 90.5 Å². The lowest BCUT2D eigenvalue weighted by Gasteiger charge is -2.39. The first-order valence-electron chi connectivity index (χ1n) is 38.3. The number of aliphatic hydroxyl groups is 2. The van der Waals surface area contributed by atoms with Crippen LogP contribution in [0.3, 0.4) is 0 Å². The predicted molar refractivity (Wildman–Crippen MR) is 435 cm³/mol. The highest BCUT2D eigenvalue weighted by Gasteiger charge is 2.34. The molecule has 3 amide bonds. The van der Waals surface area contributed by atoms with E-state index in [1.807, 2.05) is 123 Å². The van der Waals surface area contributed by atoms with Gasteiger partial charge in [0.1, 0.15) is 5.60 Å². The summed E-state index contributed by atoms with van der Waals surface area (Å²) in [5.74, 6) is 3.34. The Balaban J connectivity index is 0.000000199. The summed E-state index contributed by atoms with van der Waals surface area (Å²) < 4.78 is 32.2. The number of hydrogen-bond donors (Lipinski definition) is 5. The zero-order valence-corrected chi connectivity index (χ0v) is 68.0. The Bertz CT molecular complexity index is 5070. The number of ether oxygens (including phenoxy) is 5. The van der Waals surface area contributed by atoms with Crippen molar-refractivity contribution in [1.82, 2.24) is 79.8 Å². The third kappa shape index (κ3) is 19.2. The number of amides is 3. The number of likely N-dealkylation sites (tertiary alicyclic amines) is 2. The van der Waals surface area contributed by atoms with Crippen LogP contribution in [0, 0.1) is 0 Å². The van der Waals surface area contributed by atoms with Crippen LogP contribution in [0.15, 0.2) is 110 Å². The molecule has 8 aromatic heterocycles. The van der Waals surface area contributed by atoms with E-state index in [1.54, 1.807) is 73.5 Å². The van der Waals surface area contributed by atoms with Gasteiger partial charge in [-0.25, -0.2) is 33.8 Å². The minimum atomic E-state index is -0.692. The minimum absolute atomic E-state index is 0.0230. The molecular formula is C83H96Cl4N16O10. The van der Waals surface area contributed by atoms with Crippen molar-refractivity contribution in [2.45, 2.75) is 180 Å². The van der Waals surface area contributed by atoms with Crippen LogP contribution >= 0.6 is 46.4 Å². The van der Waals surface area contributed by atoms with E-state index in [-0.39, 0.29) is 36.6 Å². The molecule has 10 heterocycles. The lowest BCUT2D eigenvalue weighted by Crippen LogP contribution is -2.49. The molecule has 26 nitrogen and oxygen atoms in total. The third-order valence-corrected chi connectivity index (χ3v) is 23.0. The zero-order valence-electron chi connectivity index (χ0n) is 65.0. The first-order chi connectivity index (χ1) is 54.4. The van der Waals surface area contributed by atoms with Crippen molar-refractivity contribution in [3.05, 3.63) is 153 Å². The van der Waals surface area contributed by atoms with E-state index in [1.165, 1.54) is 0 Å². The van der Waals surface area contributed by atoms with Crippen molar-refractivity contribution >= 4 is 75.6 Å². The van der Waals surface area contributed by atoms with Crippen LogP contribution in [0.4, 0.5) is 4.79 Å². The highest BCUT2D eigenvalue weighted by Crippen LogP contribution is 2.45. The van der Waals surface area contributed by atoms with Gasteiger partial charge in [0.15, 0.2) is 34.4 Å². The Morgan fingerprint density at radius 3 is 1.34 bits per heavy atom. The maximum atomic E-state index is 13.6. The molecule has 2 aliphatic carbocycles. The minimum Gasteiger partial charge on any atom is -0.493 e. The number of nitrogens with zero attached hydrogens (tertiary/aromatic N) is 13. The van der Waals surface area contributed by atoms with E-state index in [2.05, 4.69) is 25.9 Å². The van der Waals surface area contributed by atoms with Crippen LogP contribution < -0.4 is 34.9 Å². The van der Waals surface area contributed by atoms with Crippen LogP contribution in [-0.2, 0) is 40.5 Å². The smallest absolute Gasteiger partial charge is 0.410 e. The Kier molecular flexibility index (Phi) is 26.3. The monoisotopic (exact) mass is 1620 g/mol. The van der Waals surface area contributed by atoms with Gasteiger partial charge in [-0.15, -0.1) is 10.2 Å². The summed E-state index contributed by atoms with van der Waals surface area (Å²) >= 11 is 28.7. The Hall–Kier alpha value is -9.35. The fourth-order valence-corrected chi connectivity index (χ4v) is 16.5. The van der Waals surface area contributed by atoms with E-state index in [4.69, 9.17) is 100 Å². The first kappa shape index (κ1) is 81.7. The van der Waals surface area contributed by atoms with E-state index in [0.717, 1.165) is 94.0 Å². The Morgan fingerprint density at radius 2 is 0.903 bits per heavy atom. The van der Waals surface area contributed by atoms with Gasteiger partial charge in [0.25, 0.3) is 0 Å². The third-order valence-electron chi connectivity index (χ3n) is 21.4. The highest BCUT2D eigenvalue weighted by molar-refractivity contribution is 6.40. The summed E-state index contributed by atoms with van der Waals surface area (Å²) in [6, 6.07) is 27.3. The fourth-order valence-electron chi connectivity index (χ4n) is 15.2. The summed E-state index contributed by atoms with van der Waals surface area (Å²) in [7, 11) is 6.35. The molecule has 2 saturated heterocycles. The van der Waals surface area contributed by atoms with Gasteiger partial charge < -0.3 is 64.5 Å². The normalized spacial score (nSPS) is 17.7. The van der Waals surface area contributed by atoms with Gasteiger partial charge in [0.05, 0.1) is 103 Å². The topological polar surface area (TPSA) is 296 Å². The van der Waals surface area contributed by atoms with E-state index < -0.39 is 11.7 Å². The molecular weight excluding hydrogens is 1520 g/mol. The first-order valence-corrected chi connectivity index (χ1v) is 39.9. The van der Waals surface area contributed by atoms with E-state index in [9.17, 15) is 24.6 Å². The molecule has 0 radical (unpaired) electrons. The maximum Gasteiger partial charge on any atom is 0.410 e. The maximum absolute atomic E-state index is 13.6. The number of pyridine rings is 6. The van der Waals surface area contributed by atoms with Crippen LogP contribution in [-0.4, -0.2) is 189 Å². The number of rotatable bonds is 22. The lowest BCUT2D eigenvalue weighted by atomic mass is 9.93. The molecule has 14 rings (SSSR count). The van der Waals surface area contributed by atoms with Crippen LogP contribution in [0.5, 0.6) is 23.3 Å². The molecule has 113 heavy (non-hydrogen) atoms. The molecule has 10 aromatic rings. The number of aromatic nitrogens is 10. The zero-order chi connectivity index (χ0) is 79.8. The molecule has 596 valence electrons. The average Bonchev–Trinajstić information content (AvgIpc) is 1.75. The predicted octanol–water partition coefficient (Wildman–Crippen LogP) is 14.3. The highest BCUT2D eigenvalue weighted by atomic mass is 35.5. The average molecular weight is 1620 g/mol. The van der Waals surface area contributed by atoms with Crippen molar-refractivity contribution in [1.29, 1.82) is 0 Å². The molecule has 0 atom stereocenters. The van der Waals surface area contributed by atoms with Gasteiger partial charge in [-0.1, -0.05) is 88.9 Å². The second-order valence-electron chi connectivity index (χ2n) is 30.1. The van der Waals surface area contributed by atoms with Crippen molar-refractivity contribution in [2.24, 2.45) is 0 Å². The van der Waals surface area contributed by atoms with Crippen molar-refractivity contribution < 1.29 is 48.3 Å². The van der Waals surface area contributed by atoms with Gasteiger partial charge in [-0.2, -0.15) is 0 Å². The fraction of sp³-hybridized carbons (Fsp3) is 0.434. The number of benzene rings is 2. The molecule has 0 spiro atoms. The Morgan fingerprint density at radius 1 is 0.496 bits per heavy atom. The second-order valence-corrected chi connectivity index (χ2v) is 31.6. The SMILES string of the molecule is COc1nc(-c2cccc(-c3ccnc(-c4cc(OC)c5nc(CNC6CCC(O)CC6)nn5c4)c3Cl)c2Cl)ccc1CN(C(=O)OC(C)(C)C)C1CCN(C(C)=O)CC1.COc1nc(-c2cccc(-c3ccnc(-c4cc(OC)c5nc(CNC6CCC(O)CC6)nn5c4)c3Cl)c2Cl)ccc1CNC1CCN(C(C)=O)CC1. The summed E-state index contributed by atoms with van der Waals surface area (Å²) in [6.07, 6.45) is 16.1. The number of nitrogens with one attached hydrogen (secondary N) is 3. The van der Waals surface area contributed by atoms with Crippen molar-refractivity contribution in [3.63, 3.8) is 0 Å². The molecule has 4 aliphatic rings. The molecule has 2 aromatic carbocycles. The van der Waals surface area contributed by atoms with E-state index >= 15 is 0 Å². The molecule has 5 N–H and O–H groups in total. The number of halogens is 4. The molecule has 30 heteroatoms. The van der Waals surface area contributed by atoms with Gasteiger partial charge in [0, 0.05) is 151 Å². The standard InChI is InChI=1S/C44H52Cl2N8O6.C39H44Cl2N8O4/c1-26(55)52-20-17-30(18-21-52)53(43(57)60-44(2,3)4)24-27-10-15-35(49-42(27)59-6)34-9-7-8-32(38(34)45)33-16-19-47-40(39(33)46)28-22-36(58-5)41-50-37(51-54(41)25-28)23-48-29-11-13-31(56)14-12-29;1-23(50)48-17-14-27(15-18-48)43-20-24-7-12-32(45-39(24)53-3)31-6-4-5-29(35(31)40)30-13-16-42-37(36(30)41)25-19-33(52-2)38-46-34(47-49(38)22-25)21-44-26-8-10-28(51)11-9-26/h7-10,15-16,19,22,25,29-31,48,56H,11-14,17-18,20-21,23-24H2,1-6H3;4-7,12-13,16,19,22,26-28,43-44,51H,8-11,14-15,17-18,20-21H2,1-3H3. The number of carbonyl (C=O) groups excluding carboxylic acids is 3. The molecule has 2 saturated carbocycles. The second kappa shape index (κ2) is 36.4. The number of methoxy groups -OCH3 is 4. The Labute approximate surface area is 677 Å². The lowest BCUT2D eigenvalue weighted by molar-refractivity contribution is -0.131. The van der Waals surface area contributed by atoms with E-state index in [0.29, 0.717) is 192 Å². The van der Waals surface area contributed by atoms with Crippen molar-refractivity contribution in [2.75, 3.05) is 54.6 Å². The number of carbonyl (C=O) groups is 3. The van der Waals surface area contributed by atoms with Crippen LogP contribution in [0.25, 0.3) is 78.6 Å². The summed E-state index contributed by atoms with van der Waals surface area (Å²) in [5.41, 5.74) is 9.98. The van der Waals surface area contributed by atoms with Gasteiger partial charge in [0.2, 0.25) is 23.6 Å². The van der Waals surface area contributed by atoms with Crippen LogP contribution in [0.1, 0.15) is 134 Å². The van der Waals surface area contributed by atoms with Gasteiger partial charge >= 0.3 is 6.09 Å². The number of hydrogen-bond acceptors (Lipinski definition) is 21. The summed E-state index contributed by atoms with van der Waals surface area (Å²) in [5, 5.41) is 41.6. The number of fused-ring (bicyclic) bond motifs is 2. The molecule has 0 bridgehead atoms. The molecule has 0 unspecified atom stereocenters. The van der Waals surface area contributed by atoms with Gasteiger partial charge in [-0.3, -0.25) is 19.6 Å². The summed E-state index contributed by atoms with van der Waals surface area (Å²) in [4.78, 5) is 71.2. The number of piperidine rings is 2. The quantitative estimate of drug-likeness (QED) is 0.0421. The molecule has 2 aliphatic heterocycles. The largest absolute Gasteiger partial charge is 0.493 e. The van der Waals surface area contributed by atoms with Gasteiger partial charge in [-0.05, 0) is 140 Å². The van der Waals surface area contributed by atoms with Crippen LogP contribution in [0.2, 0.25) is 20.1 Å². The molecule has 4 fully saturated rings. The summed E-state index contributed by atoms with van der Waals surface area (Å²) in [6.45, 7) is 13.1.